The number of unbranched alkanes of at least 4 members (excludes halogenated alkanes) is 4. The standard InChI is InChI=1S/C21H38N2O7.C19H27NO8/c1-3-4-5-6-7-8-15(24)13-16(25)11-14(2)12-17(22)20(28)23-18(21(29)30)9-10-19(26)27;20-14(5-6-18(21)22)19(23)17-13-26-10-9-24-7-8-25-11-12-27-15-3-1-2-4-16(15)28-17/h14-15,17-18,24H,3-13,22H2,1-2H3,(H,23,28)(H,26,27)(H,29,30);1-4,14,17H,5-13,20H2,(H,21,22)/t14?,15?,17-,18+;14-,17?/m01/s1. The molecule has 3 unspecified atom stereocenters. The first kappa shape index (κ1) is 51.8. The number of carbonyl (C=O) groups is 6. The largest absolute Gasteiger partial charge is 0.487 e. The van der Waals surface area contributed by atoms with Crippen molar-refractivity contribution < 1.29 is 72.9 Å². The fourth-order valence-electron chi connectivity index (χ4n) is 5.74. The van der Waals surface area contributed by atoms with E-state index >= 15 is 0 Å². The fraction of sp³-hybridized carbons (Fsp3) is 0.700. The predicted octanol–water partition coefficient (Wildman–Crippen LogP) is 2.48. The lowest BCUT2D eigenvalue weighted by atomic mass is 9.93. The number of aliphatic hydroxyl groups is 1. The molecule has 18 nitrogen and oxygen atoms in total. The number of nitrogens with two attached hydrogens (primary N) is 2. The van der Waals surface area contributed by atoms with Crippen LogP contribution in [-0.2, 0) is 43.0 Å². The van der Waals surface area contributed by atoms with E-state index in [1.165, 1.54) is 6.42 Å². The molecule has 1 aromatic carbocycles. The summed E-state index contributed by atoms with van der Waals surface area (Å²) in [4.78, 5) is 69.4. The summed E-state index contributed by atoms with van der Waals surface area (Å²) in [6.45, 7) is 6.06. The Balaban J connectivity index is 0.000000581. The maximum Gasteiger partial charge on any atom is 0.326 e. The van der Waals surface area contributed by atoms with E-state index in [0.29, 0.717) is 51.0 Å². The molecule has 18 heteroatoms. The van der Waals surface area contributed by atoms with Gasteiger partial charge in [0.25, 0.3) is 0 Å². The number of carboxylic acids is 3. The Morgan fingerprint density at radius 3 is 1.97 bits per heavy atom. The van der Waals surface area contributed by atoms with Gasteiger partial charge in [0.2, 0.25) is 5.91 Å². The van der Waals surface area contributed by atoms with E-state index in [2.05, 4.69) is 12.2 Å². The van der Waals surface area contributed by atoms with E-state index in [1.807, 2.05) is 0 Å². The quantitative estimate of drug-likeness (QED) is 0.0780. The van der Waals surface area contributed by atoms with Crippen LogP contribution in [-0.4, -0.2) is 132 Å². The number of ether oxygens (including phenoxy) is 5. The molecule has 6 atom stereocenters. The Bertz CT molecular complexity index is 1380. The smallest absolute Gasteiger partial charge is 0.326 e. The number of rotatable bonds is 23. The average molecular weight is 828 g/mol. The number of nitrogens with one attached hydrogen (secondary N) is 1. The van der Waals surface area contributed by atoms with E-state index in [0.717, 1.165) is 25.7 Å². The molecule has 2 rings (SSSR count). The molecule has 0 spiro atoms. The highest BCUT2D eigenvalue weighted by atomic mass is 16.6. The third-order valence-corrected chi connectivity index (χ3v) is 8.90. The lowest BCUT2D eigenvalue weighted by Gasteiger charge is -2.22. The molecule has 1 aliphatic heterocycles. The summed E-state index contributed by atoms with van der Waals surface area (Å²) in [5.41, 5.74) is 11.7. The number of aliphatic hydroxyl groups excluding tert-OH is 1. The van der Waals surface area contributed by atoms with Crippen LogP contribution in [0.5, 0.6) is 11.5 Å². The Labute approximate surface area is 340 Å². The maximum atomic E-state index is 12.7. The minimum atomic E-state index is -1.33. The van der Waals surface area contributed by atoms with Gasteiger partial charge < -0.3 is 60.9 Å². The first-order chi connectivity index (χ1) is 27.6. The molecule has 0 aromatic heterocycles. The normalized spacial score (nSPS) is 17.6. The molecule has 1 amide bonds. The number of carbonyl (C=O) groups excluding carboxylic acids is 3. The summed E-state index contributed by atoms with van der Waals surface area (Å²) in [5.74, 6) is -4.09. The van der Waals surface area contributed by atoms with Crippen LogP contribution in [0.4, 0.5) is 0 Å². The van der Waals surface area contributed by atoms with Crippen molar-refractivity contribution in [3.05, 3.63) is 24.3 Å². The van der Waals surface area contributed by atoms with Crippen LogP contribution in [0.15, 0.2) is 24.3 Å². The third kappa shape index (κ3) is 24.5. The van der Waals surface area contributed by atoms with Gasteiger partial charge in [-0.05, 0) is 43.7 Å². The molecule has 0 radical (unpaired) electrons. The molecule has 0 aliphatic carbocycles. The molecule has 1 aromatic rings. The minimum absolute atomic E-state index is 0.0205. The second kappa shape index (κ2) is 30.8. The van der Waals surface area contributed by atoms with Crippen molar-refractivity contribution in [1.82, 2.24) is 5.32 Å². The highest BCUT2D eigenvalue weighted by Crippen LogP contribution is 2.28. The topological polar surface area (TPSA) is 294 Å². The summed E-state index contributed by atoms with van der Waals surface area (Å²) >= 11 is 0. The van der Waals surface area contributed by atoms with Crippen LogP contribution in [0.25, 0.3) is 0 Å². The van der Waals surface area contributed by atoms with Gasteiger partial charge in [-0.3, -0.25) is 24.0 Å². The van der Waals surface area contributed by atoms with Gasteiger partial charge in [0, 0.05) is 25.7 Å². The first-order valence-electron chi connectivity index (χ1n) is 20.0. The summed E-state index contributed by atoms with van der Waals surface area (Å²) in [7, 11) is 0. The second-order valence-electron chi connectivity index (χ2n) is 14.2. The van der Waals surface area contributed by atoms with Crippen LogP contribution < -0.4 is 26.3 Å². The Morgan fingerprint density at radius 1 is 0.759 bits per heavy atom. The Morgan fingerprint density at radius 2 is 1.34 bits per heavy atom. The Hall–Kier alpha value is -4.20. The number of benzene rings is 1. The molecule has 0 bridgehead atoms. The predicted molar refractivity (Wildman–Crippen MR) is 210 cm³/mol. The van der Waals surface area contributed by atoms with E-state index in [-0.39, 0.29) is 63.4 Å². The molecule has 0 saturated carbocycles. The van der Waals surface area contributed by atoms with E-state index < -0.39 is 66.4 Å². The number of hydrogen-bond acceptors (Lipinski definition) is 14. The van der Waals surface area contributed by atoms with Crippen molar-refractivity contribution in [2.24, 2.45) is 17.4 Å². The van der Waals surface area contributed by atoms with Crippen LogP contribution in [0.1, 0.15) is 97.3 Å². The summed E-state index contributed by atoms with van der Waals surface area (Å²) in [6.07, 6.45) is 3.96. The molecule has 0 fully saturated rings. The van der Waals surface area contributed by atoms with Crippen molar-refractivity contribution in [2.45, 2.75) is 128 Å². The lowest BCUT2D eigenvalue weighted by molar-refractivity contribution is -0.143. The van der Waals surface area contributed by atoms with E-state index in [1.54, 1.807) is 31.2 Å². The summed E-state index contributed by atoms with van der Waals surface area (Å²) in [6, 6.07) is 3.64. The molecule has 1 heterocycles. The lowest BCUT2D eigenvalue weighted by Crippen LogP contribution is -2.49. The van der Waals surface area contributed by atoms with Gasteiger partial charge in [-0.15, -0.1) is 0 Å². The van der Waals surface area contributed by atoms with Crippen molar-refractivity contribution in [3.63, 3.8) is 0 Å². The van der Waals surface area contributed by atoms with E-state index in [9.17, 15) is 33.9 Å². The third-order valence-electron chi connectivity index (χ3n) is 8.90. The zero-order valence-electron chi connectivity index (χ0n) is 33.8. The van der Waals surface area contributed by atoms with Gasteiger partial charge in [0.1, 0.15) is 18.4 Å². The van der Waals surface area contributed by atoms with Crippen LogP contribution in [0, 0.1) is 5.92 Å². The maximum absolute atomic E-state index is 12.7. The van der Waals surface area contributed by atoms with Gasteiger partial charge >= 0.3 is 17.9 Å². The van der Waals surface area contributed by atoms with Crippen molar-refractivity contribution >= 4 is 35.4 Å². The van der Waals surface area contributed by atoms with Gasteiger partial charge in [-0.2, -0.15) is 0 Å². The molecule has 330 valence electrons. The SMILES string of the molecule is CCCCCCCC(O)CC(=O)CC(C)C[C@H](N)C(=O)N[C@H](CCC(=O)O)C(=O)O.N[C@H](CCC(=O)O)C(=O)C1COCCOCCOCCOc2ccccc2O1. The van der Waals surface area contributed by atoms with Crippen molar-refractivity contribution in [1.29, 1.82) is 0 Å². The molecule has 0 saturated heterocycles. The number of para-hydroxylation sites is 2. The van der Waals surface area contributed by atoms with Crippen LogP contribution in [0.2, 0.25) is 0 Å². The zero-order chi connectivity index (χ0) is 43.3. The number of carboxylic acid groups (broad SMARTS) is 3. The zero-order valence-corrected chi connectivity index (χ0v) is 33.8. The second-order valence-corrected chi connectivity index (χ2v) is 14.2. The van der Waals surface area contributed by atoms with Crippen LogP contribution in [0.3, 0.4) is 0 Å². The molecule has 58 heavy (non-hydrogen) atoms. The monoisotopic (exact) mass is 827 g/mol. The number of fused-ring (bicyclic) bond motifs is 1. The molecule has 9 N–H and O–H groups in total. The molecular formula is C40H65N3O15. The van der Waals surface area contributed by atoms with Crippen molar-refractivity contribution in [3.8, 4) is 11.5 Å². The Kier molecular flexibility index (Phi) is 27.5. The highest BCUT2D eigenvalue weighted by Gasteiger charge is 2.29. The minimum Gasteiger partial charge on any atom is -0.487 e. The number of amides is 1. The number of ketones is 2. The van der Waals surface area contributed by atoms with Gasteiger partial charge in [0.15, 0.2) is 23.4 Å². The van der Waals surface area contributed by atoms with E-state index in [4.69, 9.17) is 50.5 Å². The number of hydrogen-bond donors (Lipinski definition) is 7. The molecule has 1 aliphatic rings. The number of Topliss-reactive ketones (excluding diaryl/α,β-unsaturated/α-hetero) is 2. The summed E-state index contributed by atoms with van der Waals surface area (Å²) in [5, 5.41) is 38.8. The average Bonchev–Trinajstić information content (AvgIpc) is 3.17. The number of aliphatic carboxylic acids is 3. The fourth-order valence-corrected chi connectivity index (χ4v) is 5.74. The summed E-state index contributed by atoms with van der Waals surface area (Å²) < 4.78 is 27.8. The highest BCUT2D eigenvalue weighted by molar-refractivity contribution is 5.89. The van der Waals surface area contributed by atoms with Crippen LogP contribution >= 0.6 is 0 Å². The molecular weight excluding hydrogens is 762 g/mol. The van der Waals surface area contributed by atoms with Gasteiger partial charge in [-0.1, -0.05) is 58.1 Å². The van der Waals surface area contributed by atoms with Gasteiger partial charge in [-0.25, -0.2) is 4.79 Å². The van der Waals surface area contributed by atoms with Gasteiger partial charge in [0.05, 0.1) is 57.8 Å². The van der Waals surface area contributed by atoms with Crippen molar-refractivity contribution in [2.75, 3.05) is 46.2 Å². The first-order valence-corrected chi connectivity index (χ1v) is 20.0.